The van der Waals surface area contributed by atoms with Crippen LogP contribution >= 0.6 is 0 Å². The second-order valence-corrected chi connectivity index (χ2v) is 4.13. The van der Waals surface area contributed by atoms with Gasteiger partial charge in [0.15, 0.2) is 0 Å². The number of hydrogen-bond donors (Lipinski definition) is 0. The van der Waals surface area contributed by atoms with Gasteiger partial charge in [0, 0.05) is 32.2 Å². The zero-order valence-electron chi connectivity index (χ0n) is 3.89. The topological polar surface area (TPSA) is 17.1 Å². The molecule has 3 heteroatoms. The Kier molecular flexibility index (Phi) is 2.68. The highest BCUT2D eigenvalue weighted by atomic mass is 32.2. The van der Waals surface area contributed by atoms with Gasteiger partial charge in [0.05, 0.1) is 0 Å². The van der Waals surface area contributed by atoms with Gasteiger partial charge in [-0.1, -0.05) is 6.92 Å². The molecule has 1 nitrogen and oxygen atoms in total. The Morgan fingerprint density at radius 2 is 2.00 bits per heavy atom. The van der Waals surface area contributed by atoms with Gasteiger partial charge in [-0.25, -0.2) is 0 Å². The van der Waals surface area contributed by atoms with Crippen LogP contribution in [-0.4, -0.2) is 25.6 Å². The van der Waals surface area contributed by atoms with Crippen LogP contribution in [-0.2, 0) is 10.8 Å². The van der Waals surface area contributed by atoms with Crippen molar-refractivity contribution in [1.29, 1.82) is 0 Å². The van der Waals surface area contributed by atoms with Crippen molar-refractivity contribution in [3.05, 3.63) is 0 Å². The van der Waals surface area contributed by atoms with Gasteiger partial charge in [0.1, 0.15) is 0 Å². The Balaban J connectivity index is 3.26. The van der Waals surface area contributed by atoms with Crippen molar-refractivity contribution in [1.82, 2.24) is 0 Å². The van der Waals surface area contributed by atoms with Gasteiger partial charge in [-0.15, -0.1) is 0 Å². The molecule has 0 amide bonds. The van der Waals surface area contributed by atoms with Crippen molar-refractivity contribution in [3.8, 4) is 0 Å². The Morgan fingerprint density at radius 3 is 2.00 bits per heavy atom. The quantitative estimate of drug-likeness (QED) is 0.440. The van der Waals surface area contributed by atoms with Crippen molar-refractivity contribution >= 4 is 21.0 Å². The van der Waals surface area contributed by atoms with Gasteiger partial charge in [0.25, 0.3) is 0 Å². The van der Waals surface area contributed by atoms with E-state index >= 15 is 0 Å². The maximum Gasteiger partial charge on any atom is 0.0446 e. The summed E-state index contributed by atoms with van der Waals surface area (Å²) < 4.78 is 10.2. The molecular formula is C3H7OSSi. The second kappa shape index (κ2) is 2.52. The standard InChI is InChI=1S/C3H7OSSi/c1-3(6)5(2)4/h3H,1-2H3. The van der Waals surface area contributed by atoms with E-state index in [0.29, 0.717) is 0 Å². The Bertz CT molecular complexity index is 61.8. The fourth-order valence-corrected chi connectivity index (χ4v) is 0. The number of rotatable bonds is 1. The van der Waals surface area contributed by atoms with Crippen LogP contribution < -0.4 is 0 Å². The van der Waals surface area contributed by atoms with Crippen LogP contribution in [0, 0.1) is 0 Å². The number of hydrogen-bond acceptors (Lipinski definition) is 1. The summed E-state index contributed by atoms with van der Waals surface area (Å²) in [6, 6.07) is 0. The maximum atomic E-state index is 10.2. The molecule has 6 heavy (non-hydrogen) atoms. The first-order valence-corrected chi connectivity index (χ1v) is 3.88. The average molecular weight is 119 g/mol. The third-order valence-corrected chi connectivity index (χ3v) is 2.49. The summed E-state index contributed by atoms with van der Waals surface area (Å²) in [6.07, 6.45) is 1.66. The molecular weight excluding hydrogens is 112 g/mol. The minimum absolute atomic E-state index is 0.130. The third-order valence-electron chi connectivity index (χ3n) is 0.498. The first-order chi connectivity index (χ1) is 2.64. The van der Waals surface area contributed by atoms with Crippen molar-refractivity contribution in [2.75, 3.05) is 6.26 Å². The van der Waals surface area contributed by atoms with E-state index in [4.69, 9.17) is 0 Å². The summed E-state index contributed by atoms with van der Waals surface area (Å²) in [6.45, 7) is 1.85. The lowest BCUT2D eigenvalue weighted by molar-refractivity contribution is 0.685. The average Bonchev–Trinajstić information content (AvgIpc) is 1.36. The summed E-state index contributed by atoms with van der Waals surface area (Å²) in [4.78, 5) is 0.130. The fourth-order valence-electron chi connectivity index (χ4n) is 0. The third kappa shape index (κ3) is 2.60. The fraction of sp³-hybridized carbons (Fsp3) is 1.00. The van der Waals surface area contributed by atoms with Gasteiger partial charge in [-0.05, 0) is 0 Å². The molecule has 0 heterocycles. The monoisotopic (exact) mass is 119 g/mol. The molecule has 2 unspecified atom stereocenters. The highest BCUT2D eigenvalue weighted by Crippen LogP contribution is 1.80. The maximum absolute atomic E-state index is 10.2. The predicted octanol–water partition coefficient (Wildman–Crippen LogP) is -0.121. The van der Waals surface area contributed by atoms with Crippen molar-refractivity contribution in [2.45, 2.75) is 11.8 Å². The van der Waals surface area contributed by atoms with Gasteiger partial charge < -0.3 is 0 Å². The van der Waals surface area contributed by atoms with Crippen LogP contribution in [0.1, 0.15) is 6.92 Å². The van der Waals surface area contributed by atoms with E-state index in [-0.39, 0.29) is 4.87 Å². The van der Waals surface area contributed by atoms with E-state index in [9.17, 15) is 4.21 Å². The minimum Gasteiger partial charge on any atom is -0.260 e. The summed E-state index contributed by atoms with van der Waals surface area (Å²) in [5.41, 5.74) is 0. The summed E-state index contributed by atoms with van der Waals surface area (Å²) >= 11 is 0. The van der Waals surface area contributed by atoms with Gasteiger partial charge >= 0.3 is 0 Å². The minimum atomic E-state index is -0.704. The van der Waals surface area contributed by atoms with Crippen LogP contribution in [0.15, 0.2) is 0 Å². The van der Waals surface area contributed by atoms with E-state index in [0.717, 1.165) is 0 Å². The molecule has 0 spiro atoms. The molecule has 0 N–H and O–H groups in total. The molecule has 0 aliphatic heterocycles. The van der Waals surface area contributed by atoms with Crippen LogP contribution in [0.5, 0.6) is 0 Å². The van der Waals surface area contributed by atoms with Crippen LogP contribution in [0.2, 0.25) is 0 Å². The molecule has 0 aromatic heterocycles. The lowest BCUT2D eigenvalue weighted by atomic mass is 11.0. The van der Waals surface area contributed by atoms with Crippen LogP contribution in [0.4, 0.5) is 0 Å². The van der Waals surface area contributed by atoms with Crippen molar-refractivity contribution < 1.29 is 4.21 Å². The van der Waals surface area contributed by atoms with Crippen LogP contribution in [0.3, 0.4) is 0 Å². The van der Waals surface area contributed by atoms with Gasteiger partial charge in [0.2, 0.25) is 0 Å². The molecule has 0 rings (SSSR count). The molecule has 0 aliphatic rings. The Hall–Kier alpha value is 0.367. The van der Waals surface area contributed by atoms with Crippen molar-refractivity contribution in [3.63, 3.8) is 0 Å². The normalized spacial score (nSPS) is 19.8. The zero-order chi connectivity index (χ0) is 5.15. The van der Waals surface area contributed by atoms with Crippen LogP contribution in [0.25, 0.3) is 0 Å². The van der Waals surface area contributed by atoms with Crippen molar-refractivity contribution in [2.24, 2.45) is 0 Å². The summed E-state index contributed by atoms with van der Waals surface area (Å²) in [5.74, 6) is 0. The van der Waals surface area contributed by atoms with E-state index in [2.05, 4.69) is 10.2 Å². The zero-order valence-corrected chi connectivity index (χ0v) is 5.71. The van der Waals surface area contributed by atoms with E-state index in [1.165, 1.54) is 0 Å². The highest BCUT2D eigenvalue weighted by molar-refractivity contribution is 7.86. The molecule has 0 aliphatic carbocycles. The molecule has 0 bridgehead atoms. The van der Waals surface area contributed by atoms with E-state index < -0.39 is 10.8 Å². The molecule has 35 valence electrons. The largest absolute Gasteiger partial charge is 0.260 e. The summed E-state index contributed by atoms with van der Waals surface area (Å²) in [7, 11) is 2.48. The molecule has 0 aromatic rings. The molecule has 0 saturated carbocycles. The molecule has 2 atom stereocenters. The van der Waals surface area contributed by atoms with E-state index in [1.807, 2.05) is 6.92 Å². The first-order valence-electron chi connectivity index (χ1n) is 1.68. The lowest BCUT2D eigenvalue weighted by Gasteiger charge is -1.92. The Labute approximate surface area is 44.0 Å². The molecule has 3 radical (unpaired) electrons. The second-order valence-electron chi connectivity index (χ2n) is 1.14. The molecule has 0 aromatic carbocycles. The van der Waals surface area contributed by atoms with E-state index in [1.54, 1.807) is 6.26 Å². The summed E-state index contributed by atoms with van der Waals surface area (Å²) in [5, 5.41) is 0. The molecule has 0 saturated heterocycles. The van der Waals surface area contributed by atoms with Gasteiger partial charge in [-0.2, -0.15) is 0 Å². The smallest absolute Gasteiger partial charge is 0.0446 e. The Morgan fingerprint density at radius 1 is 1.83 bits per heavy atom. The SMILES string of the molecule is CC([Si])S(C)=O. The predicted molar refractivity (Wildman–Crippen MR) is 29.3 cm³/mol. The highest BCUT2D eigenvalue weighted by Gasteiger charge is 1.93. The lowest BCUT2D eigenvalue weighted by Crippen LogP contribution is -2.06. The molecule has 0 fully saturated rings. The first kappa shape index (κ1) is 6.37. The van der Waals surface area contributed by atoms with Gasteiger partial charge in [-0.3, -0.25) is 4.21 Å².